The maximum absolute atomic E-state index is 13.9. The average molecular weight is 565 g/mol. The second kappa shape index (κ2) is 11.6. The van der Waals surface area contributed by atoms with Crippen molar-refractivity contribution in [3.63, 3.8) is 0 Å². The third-order valence-corrected chi connectivity index (χ3v) is 6.58. The maximum atomic E-state index is 13.9. The van der Waals surface area contributed by atoms with Gasteiger partial charge in [-0.3, -0.25) is 9.36 Å². The smallest absolute Gasteiger partial charge is 0.322 e. The summed E-state index contributed by atoms with van der Waals surface area (Å²) in [5, 5.41) is 3.42. The molecule has 4 aromatic rings. The minimum atomic E-state index is -0.593. The Hall–Kier alpha value is -3.69. The predicted molar refractivity (Wildman–Crippen MR) is 149 cm³/mol. The standard InChI is InChI=1S/C28H29BrN4O4/c1-18-12-13-25(37-4)24(16-18)33-26(31-23-11-6-5-10-22(23)27(33)34)19(2)32(14-15-36-3)28(35)30-21-9-7-8-20(29)17-21/h5-13,16-17,19H,14-15H2,1-4H3,(H,30,35). The lowest BCUT2D eigenvalue weighted by molar-refractivity contribution is 0.137. The third-order valence-electron chi connectivity index (χ3n) is 6.09. The summed E-state index contributed by atoms with van der Waals surface area (Å²) in [6.45, 7) is 4.39. The summed E-state index contributed by atoms with van der Waals surface area (Å²) in [4.78, 5) is 33.9. The normalized spacial score (nSPS) is 11.8. The van der Waals surface area contributed by atoms with E-state index in [0.717, 1.165) is 10.0 Å². The van der Waals surface area contributed by atoms with E-state index >= 15 is 0 Å². The number of halogens is 1. The van der Waals surface area contributed by atoms with Gasteiger partial charge in [0.25, 0.3) is 5.56 Å². The molecule has 0 aliphatic rings. The van der Waals surface area contributed by atoms with Crippen LogP contribution in [0.4, 0.5) is 10.5 Å². The van der Waals surface area contributed by atoms with E-state index in [1.54, 1.807) is 35.8 Å². The van der Waals surface area contributed by atoms with Crippen LogP contribution in [0.3, 0.4) is 0 Å². The van der Waals surface area contributed by atoms with Gasteiger partial charge in [-0.15, -0.1) is 0 Å². The van der Waals surface area contributed by atoms with Gasteiger partial charge in [0.1, 0.15) is 11.6 Å². The summed E-state index contributed by atoms with van der Waals surface area (Å²) in [7, 11) is 3.14. The number of hydrogen-bond acceptors (Lipinski definition) is 5. The Labute approximate surface area is 224 Å². The van der Waals surface area contributed by atoms with Crippen LogP contribution in [0.15, 0.2) is 76.0 Å². The van der Waals surface area contributed by atoms with Crippen LogP contribution >= 0.6 is 15.9 Å². The first-order valence-electron chi connectivity index (χ1n) is 11.8. The molecule has 1 heterocycles. The van der Waals surface area contributed by atoms with Crippen LogP contribution in [0.2, 0.25) is 0 Å². The number of carbonyl (C=O) groups is 1. The number of nitrogens with zero attached hydrogens (tertiary/aromatic N) is 3. The molecule has 1 aromatic heterocycles. The first kappa shape index (κ1) is 26.4. The molecule has 192 valence electrons. The Morgan fingerprint density at radius 1 is 1.11 bits per heavy atom. The quantitative estimate of drug-likeness (QED) is 0.296. The summed E-state index contributed by atoms with van der Waals surface area (Å²) in [6.07, 6.45) is 0. The number of methoxy groups -OCH3 is 2. The molecular formula is C28H29BrN4O4. The fourth-order valence-electron chi connectivity index (χ4n) is 4.20. The highest BCUT2D eigenvalue weighted by atomic mass is 79.9. The summed E-state index contributed by atoms with van der Waals surface area (Å²) in [5.74, 6) is 0.938. The number of carbonyl (C=O) groups excluding carboxylic acids is 1. The minimum Gasteiger partial charge on any atom is -0.495 e. The van der Waals surface area contributed by atoms with Crippen molar-refractivity contribution in [1.82, 2.24) is 14.5 Å². The van der Waals surface area contributed by atoms with E-state index in [1.165, 1.54) is 0 Å². The first-order chi connectivity index (χ1) is 17.8. The predicted octanol–water partition coefficient (Wildman–Crippen LogP) is 5.71. The Kier molecular flexibility index (Phi) is 8.25. The number of rotatable bonds is 8. The van der Waals surface area contributed by atoms with E-state index in [9.17, 15) is 9.59 Å². The molecule has 0 saturated heterocycles. The molecule has 1 atom stereocenters. The largest absolute Gasteiger partial charge is 0.495 e. The first-order valence-corrected chi connectivity index (χ1v) is 12.6. The number of urea groups is 1. The van der Waals surface area contributed by atoms with Gasteiger partial charge in [0.2, 0.25) is 0 Å². The number of para-hydroxylation sites is 1. The number of ether oxygens (including phenoxy) is 2. The number of nitrogens with one attached hydrogen (secondary N) is 1. The van der Waals surface area contributed by atoms with Gasteiger partial charge >= 0.3 is 6.03 Å². The van der Waals surface area contributed by atoms with E-state index in [2.05, 4.69) is 21.2 Å². The van der Waals surface area contributed by atoms with E-state index in [4.69, 9.17) is 14.5 Å². The van der Waals surface area contributed by atoms with E-state index in [0.29, 0.717) is 40.5 Å². The fourth-order valence-corrected chi connectivity index (χ4v) is 4.60. The molecule has 3 aromatic carbocycles. The Bertz CT molecular complexity index is 1490. The van der Waals surface area contributed by atoms with Crippen LogP contribution in [-0.2, 0) is 4.74 Å². The maximum Gasteiger partial charge on any atom is 0.322 e. The van der Waals surface area contributed by atoms with E-state index in [1.807, 2.05) is 68.4 Å². The monoisotopic (exact) mass is 564 g/mol. The molecule has 2 amide bonds. The van der Waals surface area contributed by atoms with Gasteiger partial charge < -0.3 is 19.7 Å². The van der Waals surface area contributed by atoms with Crippen LogP contribution in [0.25, 0.3) is 16.6 Å². The van der Waals surface area contributed by atoms with Gasteiger partial charge in [-0.05, 0) is 61.9 Å². The van der Waals surface area contributed by atoms with Crippen LogP contribution in [0.1, 0.15) is 24.4 Å². The van der Waals surface area contributed by atoms with Crippen molar-refractivity contribution >= 4 is 38.6 Å². The number of anilines is 1. The number of aromatic nitrogens is 2. The number of benzene rings is 3. The minimum absolute atomic E-state index is 0.240. The number of hydrogen-bond donors (Lipinski definition) is 1. The van der Waals surface area contributed by atoms with Crippen LogP contribution < -0.4 is 15.6 Å². The summed E-state index contributed by atoms with van der Waals surface area (Å²) < 4.78 is 13.3. The summed E-state index contributed by atoms with van der Waals surface area (Å²) >= 11 is 3.44. The highest BCUT2D eigenvalue weighted by Gasteiger charge is 2.28. The topological polar surface area (TPSA) is 85.7 Å². The highest BCUT2D eigenvalue weighted by Crippen LogP contribution is 2.29. The Balaban J connectivity index is 1.88. The van der Waals surface area contributed by atoms with Gasteiger partial charge in [-0.2, -0.15) is 0 Å². The lowest BCUT2D eigenvalue weighted by atomic mass is 10.1. The van der Waals surface area contributed by atoms with Gasteiger partial charge in [-0.1, -0.05) is 40.2 Å². The molecule has 1 unspecified atom stereocenters. The average Bonchev–Trinajstić information content (AvgIpc) is 2.88. The number of aryl methyl sites for hydroxylation is 1. The molecule has 0 fully saturated rings. The molecule has 0 radical (unpaired) electrons. The van der Waals surface area contributed by atoms with Crippen molar-refractivity contribution in [2.24, 2.45) is 0 Å². The molecule has 4 rings (SSSR count). The molecule has 0 saturated carbocycles. The highest BCUT2D eigenvalue weighted by molar-refractivity contribution is 9.10. The molecule has 0 aliphatic carbocycles. The van der Waals surface area contributed by atoms with Gasteiger partial charge in [0.05, 0.1) is 36.3 Å². The van der Waals surface area contributed by atoms with Crippen LogP contribution in [0, 0.1) is 6.92 Å². The summed E-state index contributed by atoms with van der Waals surface area (Å²) in [6, 6.07) is 19.2. The number of fused-ring (bicyclic) bond motifs is 1. The molecule has 0 spiro atoms. The van der Waals surface area contributed by atoms with E-state index < -0.39 is 6.04 Å². The SMILES string of the molecule is COCCN(C(=O)Nc1cccc(Br)c1)C(C)c1nc2ccccc2c(=O)n1-c1cc(C)ccc1OC. The lowest BCUT2D eigenvalue weighted by Gasteiger charge is -2.30. The van der Waals surface area contributed by atoms with Gasteiger partial charge in [-0.25, -0.2) is 9.78 Å². The Morgan fingerprint density at radius 2 is 1.89 bits per heavy atom. The second-order valence-electron chi connectivity index (χ2n) is 8.61. The molecule has 9 heteroatoms. The molecule has 37 heavy (non-hydrogen) atoms. The molecule has 8 nitrogen and oxygen atoms in total. The summed E-state index contributed by atoms with van der Waals surface area (Å²) in [5.41, 5.74) is 2.47. The van der Waals surface area contributed by atoms with Crippen molar-refractivity contribution in [2.75, 3.05) is 32.7 Å². The van der Waals surface area contributed by atoms with Crippen molar-refractivity contribution in [2.45, 2.75) is 19.9 Å². The molecule has 1 N–H and O–H groups in total. The zero-order valence-electron chi connectivity index (χ0n) is 21.2. The van der Waals surface area contributed by atoms with Crippen molar-refractivity contribution in [1.29, 1.82) is 0 Å². The van der Waals surface area contributed by atoms with Crippen molar-refractivity contribution in [3.05, 3.63) is 92.9 Å². The van der Waals surface area contributed by atoms with Crippen molar-refractivity contribution < 1.29 is 14.3 Å². The molecule has 0 aliphatic heterocycles. The van der Waals surface area contributed by atoms with Gasteiger partial charge in [0, 0.05) is 23.8 Å². The lowest BCUT2D eigenvalue weighted by Crippen LogP contribution is -2.41. The fraction of sp³-hybridized carbons (Fsp3) is 0.250. The van der Waals surface area contributed by atoms with E-state index in [-0.39, 0.29) is 18.1 Å². The second-order valence-corrected chi connectivity index (χ2v) is 9.52. The third kappa shape index (κ3) is 5.68. The Morgan fingerprint density at radius 3 is 2.62 bits per heavy atom. The molecule has 0 bridgehead atoms. The zero-order chi connectivity index (χ0) is 26.5. The van der Waals surface area contributed by atoms with Gasteiger partial charge in [0.15, 0.2) is 0 Å². The van der Waals surface area contributed by atoms with Crippen LogP contribution in [0.5, 0.6) is 5.75 Å². The van der Waals surface area contributed by atoms with Crippen LogP contribution in [-0.4, -0.2) is 47.9 Å². The molecular weight excluding hydrogens is 536 g/mol. The number of amides is 2. The zero-order valence-corrected chi connectivity index (χ0v) is 22.8. The van der Waals surface area contributed by atoms with Crippen molar-refractivity contribution in [3.8, 4) is 11.4 Å².